The van der Waals surface area contributed by atoms with Gasteiger partial charge in [-0.25, -0.2) is 0 Å². The van der Waals surface area contributed by atoms with Crippen molar-refractivity contribution in [1.82, 2.24) is 5.32 Å². The van der Waals surface area contributed by atoms with E-state index in [2.05, 4.69) is 5.32 Å². The van der Waals surface area contributed by atoms with Crippen LogP contribution in [0.2, 0.25) is 0 Å². The lowest BCUT2D eigenvalue weighted by molar-refractivity contribution is -0.149. The van der Waals surface area contributed by atoms with Crippen molar-refractivity contribution in [2.24, 2.45) is 5.41 Å². The monoisotopic (exact) mass is 237 g/mol. The van der Waals surface area contributed by atoms with Crippen molar-refractivity contribution in [3.8, 4) is 0 Å². The average molecular weight is 237 g/mol. The summed E-state index contributed by atoms with van der Waals surface area (Å²) in [6.45, 7) is 3.59. The molecule has 1 amide bonds. The third-order valence-electron chi connectivity index (χ3n) is 3.13. The van der Waals surface area contributed by atoms with E-state index in [9.17, 15) is 9.59 Å². The van der Waals surface area contributed by atoms with E-state index in [1.807, 2.05) is 13.0 Å². The minimum atomic E-state index is -1.20. The van der Waals surface area contributed by atoms with Gasteiger partial charge in [0.05, 0.1) is 6.04 Å². The Labute approximate surface area is 98.8 Å². The Balaban J connectivity index is 2.02. The van der Waals surface area contributed by atoms with Gasteiger partial charge in [0.1, 0.15) is 16.9 Å². The molecule has 92 valence electrons. The SMILES string of the molecule is Cc1ccc(C(C)NC(=O)C2(C(=O)O)CC2)o1. The van der Waals surface area contributed by atoms with Crippen molar-refractivity contribution in [1.29, 1.82) is 0 Å². The molecule has 1 fully saturated rings. The third-order valence-corrected chi connectivity index (χ3v) is 3.13. The van der Waals surface area contributed by atoms with Gasteiger partial charge in [-0.15, -0.1) is 0 Å². The molecule has 1 atom stereocenters. The number of aliphatic carboxylic acids is 1. The molecular formula is C12H15NO4. The van der Waals surface area contributed by atoms with Crippen LogP contribution in [0.25, 0.3) is 0 Å². The van der Waals surface area contributed by atoms with Crippen molar-refractivity contribution >= 4 is 11.9 Å². The predicted octanol–water partition coefficient (Wildman–Crippen LogP) is 1.63. The van der Waals surface area contributed by atoms with Crippen LogP contribution in [0, 0.1) is 12.3 Å². The van der Waals surface area contributed by atoms with Crippen molar-refractivity contribution < 1.29 is 19.1 Å². The zero-order valence-electron chi connectivity index (χ0n) is 9.82. The Bertz CT molecular complexity index is 459. The smallest absolute Gasteiger partial charge is 0.319 e. The molecule has 0 saturated heterocycles. The highest BCUT2D eigenvalue weighted by molar-refractivity contribution is 6.04. The van der Waals surface area contributed by atoms with Crippen LogP contribution in [0.1, 0.15) is 37.3 Å². The number of carbonyl (C=O) groups is 2. The maximum Gasteiger partial charge on any atom is 0.319 e. The molecule has 1 heterocycles. The van der Waals surface area contributed by atoms with Gasteiger partial charge in [0, 0.05) is 0 Å². The van der Waals surface area contributed by atoms with E-state index in [1.54, 1.807) is 13.0 Å². The minimum Gasteiger partial charge on any atom is -0.480 e. The molecule has 0 radical (unpaired) electrons. The Morgan fingerprint density at radius 2 is 2.12 bits per heavy atom. The summed E-state index contributed by atoms with van der Waals surface area (Å²) in [5.41, 5.74) is -1.20. The van der Waals surface area contributed by atoms with Gasteiger partial charge in [0.25, 0.3) is 0 Å². The normalized spacial score (nSPS) is 18.5. The lowest BCUT2D eigenvalue weighted by atomic mass is 10.1. The van der Waals surface area contributed by atoms with Crippen molar-refractivity contribution in [2.45, 2.75) is 32.7 Å². The fourth-order valence-electron chi connectivity index (χ4n) is 1.76. The molecule has 1 aliphatic rings. The van der Waals surface area contributed by atoms with E-state index < -0.39 is 17.3 Å². The van der Waals surface area contributed by atoms with Gasteiger partial charge >= 0.3 is 5.97 Å². The standard InChI is InChI=1S/C12H15NO4/c1-7-3-4-9(17-7)8(2)13-10(14)12(5-6-12)11(15)16/h3-4,8H,5-6H2,1-2H3,(H,13,14)(H,15,16). The van der Waals surface area contributed by atoms with Gasteiger partial charge in [-0.2, -0.15) is 0 Å². The number of nitrogens with one attached hydrogen (secondary N) is 1. The summed E-state index contributed by atoms with van der Waals surface area (Å²) >= 11 is 0. The molecule has 0 aromatic carbocycles. The van der Waals surface area contributed by atoms with E-state index in [4.69, 9.17) is 9.52 Å². The summed E-state index contributed by atoms with van der Waals surface area (Å²) in [5, 5.41) is 11.7. The lowest BCUT2D eigenvalue weighted by Crippen LogP contribution is -2.38. The van der Waals surface area contributed by atoms with Gasteiger partial charge in [0.15, 0.2) is 0 Å². The van der Waals surface area contributed by atoms with Gasteiger partial charge < -0.3 is 14.8 Å². The molecule has 2 N–H and O–H groups in total. The molecule has 1 unspecified atom stereocenters. The molecule has 17 heavy (non-hydrogen) atoms. The van der Waals surface area contributed by atoms with Crippen LogP contribution in [0.5, 0.6) is 0 Å². The largest absolute Gasteiger partial charge is 0.480 e. The second-order valence-electron chi connectivity index (χ2n) is 4.53. The van der Waals surface area contributed by atoms with Crippen molar-refractivity contribution in [2.75, 3.05) is 0 Å². The first-order valence-corrected chi connectivity index (χ1v) is 5.56. The molecule has 0 aliphatic heterocycles. The average Bonchev–Trinajstić information content (AvgIpc) is 2.96. The van der Waals surface area contributed by atoms with E-state index in [0.29, 0.717) is 18.6 Å². The molecule has 5 heteroatoms. The topological polar surface area (TPSA) is 79.5 Å². The lowest BCUT2D eigenvalue weighted by Gasteiger charge is -2.15. The molecule has 1 aromatic heterocycles. The fraction of sp³-hybridized carbons (Fsp3) is 0.500. The number of hydrogen-bond donors (Lipinski definition) is 2. The first kappa shape index (κ1) is 11.7. The zero-order valence-corrected chi connectivity index (χ0v) is 9.82. The molecule has 0 bridgehead atoms. The number of carbonyl (C=O) groups excluding carboxylic acids is 1. The Hall–Kier alpha value is -1.78. The number of furan rings is 1. The number of carboxylic acids is 1. The predicted molar refractivity (Wildman–Crippen MR) is 59.3 cm³/mol. The first-order chi connectivity index (χ1) is 7.95. The summed E-state index contributed by atoms with van der Waals surface area (Å²) in [4.78, 5) is 22.8. The number of aryl methyl sites for hydroxylation is 1. The second kappa shape index (κ2) is 3.91. The maximum absolute atomic E-state index is 11.8. The van der Waals surface area contributed by atoms with Crippen LogP contribution in [-0.2, 0) is 9.59 Å². The summed E-state index contributed by atoms with van der Waals surface area (Å²) in [7, 11) is 0. The highest BCUT2D eigenvalue weighted by Gasteiger charge is 2.57. The van der Waals surface area contributed by atoms with E-state index in [0.717, 1.165) is 5.76 Å². The minimum absolute atomic E-state index is 0.312. The Morgan fingerprint density at radius 3 is 2.53 bits per heavy atom. The van der Waals surface area contributed by atoms with Crippen LogP contribution in [0.15, 0.2) is 16.5 Å². The number of hydrogen-bond acceptors (Lipinski definition) is 3. The number of rotatable bonds is 4. The van der Waals surface area contributed by atoms with Crippen molar-refractivity contribution in [3.63, 3.8) is 0 Å². The fourth-order valence-corrected chi connectivity index (χ4v) is 1.76. The maximum atomic E-state index is 11.8. The molecule has 1 aromatic rings. The molecule has 1 aliphatic carbocycles. The highest BCUT2D eigenvalue weighted by Crippen LogP contribution is 2.46. The quantitative estimate of drug-likeness (QED) is 0.780. The summed E-state index contributed by atoms with van der Waals surface area (Å²) < 4.78 is 5.38. The Morgan fingerprint density at radius 1 is 1.47 bits per heavy atom. The van der Waals surface area contributed by atoms with Crippen LogP contribution >= 0.6 is 0 Å². The summed E-state index contributed by atoms with van der Waals surface area (Å²) in [5.74, 6) is -0.0677. The van der Waals surface area contributed by atoms with Crippen LogP contribution in [-0.4, -0.2) is 17.0 Å². The van der Waals surface area contributed by atoms with Gasteiger partial charge in [0.2, 0.25) is 5.91 Å². The number of carboxylic acid groups (broad SMARTS) is 1. The van der Waals surface area contributed by atoms with Gasteiger partial charge in [-0.1, -0.05) is 0 Å². The van der Waals surface area contributed by atoms with E-state index in [-0.39, 0.29) is 6.04 Å². The first-order valence-electron chi connectivity index (χ1n) is 5.56. The summed E-state index contributed by atoms with van der Waals surface area (Å²) in [6.07, 6.45) is 0.830. The van der Waals surface area contributed by atoms with E-state index in [1.165, 1.54) is 0 Å². The second-order valence-corrected chi connectivity index (χ2v) is 4.53. The number of amides is 1. The van der Waals surface area contributed by atoms with Crippen molar-refractivity contribution in [3.05, 3.63) is 23.7 Å². The van der Waals surface area contributed by atoms with E-state index >= 15 is 0 Å². The summed E-state index contributed by atoms with van der Waals surface area (Å²) in [6, 6.07) is 3.27. The van der Waals surface area contributed by atoms with Crippen LogP contribution < -0.4 is 5.32 Å². The van der Waals surface area contributed by atoms with Gasteiger partial charge in [-0.05, 0) is 38.8 Å². The highest BCUT2D eigenvalue weighted by atomic mass is 16.4. The molecular weight excluding hydrogens is 222 g/mol. The molecule has 0 spiro atoms. The molecule has 1 saturated carbocycles. The molecule has 5 nitrogen and oxygen atoms in total. The molecule has 2 rings (SSSR count). The van der Waals surface area contributed by atoms with Gasteiger partial charge in [-0.3, -0.25) is 9.59 Å². The van der Waals surface area contributed by atoms with Crippen LogP contribution in [0.3, 0.4) is 0 Å². The third kappa shape index (κ3) is 2.05. The van der Waals surface area contributed by atoms with Crippen LogP contribution in [0.4, 0.5) is 0 Å². The Kier molecular flexibility index (Phi) is 2.69. The zero-order chi connectivity index (χ0) is 12.6.